The molecule has 1 saturated carbocycles. The van der Waals surface area contributed by atoms with Gasteiger partial charge >= 0.3 is 0 Å². The number of rotatable bonds is 1. The van der Waals surface area contributed by atoms with Crippen LogP contribution in [0.1, 0.15) is 32.6 Å². The van der Waals surface area contributed by atoms with Gasteiger partial charge in [0.05, 0.1) is 6.07 Å². The summed E-state index contributed by atoms with van der Waals surface area (Å²) < 4.78 is 5.28. The first-order valence-electron chi connectivity index (χ1n) is 4.21. The van der Waals surface area contributed by atoms with E-state index >= 15 is 0 Å². The lowest BCUT2D eigenvalue weighted by molar-refractivity contribution is -0.0308. The second-order valence-corrected chi connectivity index (χ2v) is 3.35. The van der Waals surface area contributed by atoms with Crippen molar-refractivity contribution in [1.29, 1.82) is 5.26 Å². The van der Waals surface area contributed by atoms with E-state index in [2.05, 4.69) is 13.0 Å². The Hall–Kier alpha value is -0.550. The van der Waals surface area contributed by atoms with Crippen molar-refractivity contribution in [3.8, 4) is 6.07 Å². The number of ether oxygens (including phenoxy) is 1. The van der Waals surface area contributed by atoms with Crippen LogP contribution < -0.4 is 0 Å². The molecule has 0 spiro atoms. The molecule has 1 rings (SSSR count). The number of nitriles is 1. The zero-order valence-electron chi connectivity index (χ0n) is 7.26. The van der Waals surface area contributed by atoms with Crippen molar-refractivity contribution in [1.82, 2.24) is 0 Å². The molecule has 0 aliphatic heterocycles. The van der Waals surface area contributed by atoms with E-state index in [0.717, 1.165) is 19.3 Å². The average molecular weight is 153 g/mol. The van der Waals surface area contributed by atoms with Gasteiger partial charge in [-0.2, -0.15) is 5.26 Å². The maximum atomic E-state index is 8.94. The van der Waals surface area contributed by atoms with Crippen LogP contribution in [0.25, 0.3) is 0 Å². The SMILES string of the molecule is COC1(C#N)CCCCC1C. The van der Waals surface area contributed by atoms with E-state index in [4.69, 9.17) is 10.00 Å². The maximum absolute atomic E-state index is 8.94. The van der Waals surface area contributed by atoms with Crippen molar-refractivity contribution < 1.29 is 4.74 Å². The molecule has 1 aliphatic rings. The highest BCUT2D eigenvalue weighted by atomic mass is 16.5. The zero-order valence-corrected chi connectivity index (χ0v) is 7.26. The standard InChI is InChI=1S/C9H15NO/c1-8-5-3-4-6-9(8,7-10)11-2/h8H,3-6H2,1-2H3. The molecule has 62 valence electrons. The van der Waals surface area contributed by atoms with Gasteiger partial charge in [0.2, 0.25) is 0 Å². The fourth-order valence-electron chi connectivity index (χ4n) is 1.83. The molecule has 0 aromatic rings. The lowest BCUT2D eigenvalue weighted by Crippen LogP contribution is -2.39. The number of hydrogen-bond donors (Lipinski definition) is 0. The van der Waals surface area contributed by atoms with E-state index in [1.807, 2.05) is 0 Å². The summed E-state index contributed by atoms with van der Waals surface area (Å²) in [5.41, 5.74) is -0.474. The fourth-order valence-corrected chi connectivity index (χ4v) is 1.83. The van der Waals surface area contributed by atoms with Crippen LogP contribution in [-0.4, -0.2) is 12.7 Å². The first-order valence-corrected chi connectivity index (χ1v) is 4.21. The van der Waals surface area contributed by atoms with Gasteiger partial charge in [-0.1, -0.05) is 13.3 Å². The summed E-state index contributed by atoms with van der Waals surface area (Å²) in [4.78, 5) is 0. The van der Waals surface area contributed by atoms with Crippen molar-refractivity contribution in [3.05, 3.63) is 0 Å². The van der Waals surface area contributed by atoms with Gasteiger partial charge in [0.25, 0.3) is 0 Å². The first-order chi connectivity index (χ1) is 5.25. The van der Waals surface area contributed by atoms with Gasteiger partial charge in [0, 0.05) is 7.11 Å². The monoisotopic (exact) mass is 153 g/mol. The summed E-state index contributed by atoms with van der Waals surface area (Å²) in [5.74, 6) is 0.395. The lowest BCUT2D eigenvalue weighted by Gasteiger charge is -2.35. The Morgan fingerprint density at radius 1 is 1.55 bits per heavy atom. The Bertz CT molecular complexity index is 173. The quantitative estimate of drug-likeness (QED) is 0.578. The van der Waals surface area contributed by atoms with E-state index in [1.54, 1.807) is 7.11 Å². The van der Waals surface area contributed by atoms with Crippen molar-refractivity contribution in [2.45, 2.75) is 38.2 Å². The summed E-state index contributed by atoms with van der Waals surface area (Å²) in [6.45, 7) is 2.10. The summed E-state index contributed by atoms with van der Waals surface area (Å²) in [6.07, 6.45) is 4.41. The van der Waals surface area contributed by atoms with Crippen LogP contribution in [0, 0.1) is 17.2 Å². The number of hydrogen-bond acceptors (Lipinski definition) is 2. The van der Waals surface area contributed by atoms with E-state index in [1.165, 1.54) is 6.42 Å². The van der Waals surface area contributed by atoms with Crippen LogP contribution in [0.15, 0.2) is 0 Å². The van der Waals surface area contributed by atoms with Gasteiger partial charge < -0.3 is 4.74 Å². The number of nitrogens with zero attached hydrogens (tertiary/aromatic N) is 1. The molecule has 0 bridgehead atoms. The van der Waals surface area contributed by atoms with Gasteiger partial charge in [0.1, 0.15) is 0 Å². The first kappa shape index (κ1) is 8.55. The molecule has 0 radical (unpaired) electrons. The molecular weight excluding hydrogens is 138 g/mol. The summed E-state index contributed by atoms with van der Waals surface area (Å²) in [5, 5.41) is 8.94. The van der Waals surface area contributed by atoms with Crippen LogP contribution in [-0.2, 0) is 4.74 Å². The molecule has 0 aromatic heterocycles. The highest BCUT2D eigenvalue weighted by molar-refractivity contribution is 5.06. The Labute approximate surface area is 68.2 Å². The van der Waals surface area contributed by atoms with Gasteiger partial charge in [-0.25, -0.2) is 0 Å². The third kappa shape index (κ3) is 1.39. The molecule has 2 unspecified atom stereocenters. The van der Waals surface area contributed by atoms with Crippen LogP contribution in [0.2, 0.25) is 0 Å². The smallest absolute Gasteiger partial charge is 0.156 e. The molecule has 1 fully saturated rings. The molecule has 2 heteroatoms. The second kappa shape index (κ2) is 3.23. The third-order valence-corrected chi connectivity index (χ3v) is 2.78. The van der Waals surface area contributed by atoms with Gasteiger partial charge in [-0.05, 0) is 25.2 Å². The van der Waals surface area contributed by atoms with E-state index < -0.39 is 5.60 Å². The number of methoxy groups -OCH3 is 1. The van der Waals surface area contributed by atoms with Crippen molar-refractivity contribution in [3.63, 3.8) is 0 Å². The van der Waals surface area contributed by atoms with Crippen LogP contribution in [0.4, 0.5) is 0 Å². The Morgan fingerprint density at radius 2 is 2.27 bits per heavy atom. The largest absolute Gasteiger partial charge is 0.363 e. The molecule has 1 aliphatic carbocycles. The van der Waals surface area contributed by atoms with Crippen LogP contribution in [0.5, 0.6) is 0 Å². The van der Waals surface area contributed by atoms with E-state index in [9.17, 15) is 0 Å². The summed E-state index contributed by atoms with van der Waals surface area (Å²) in [7, 11) is 1.64. The van der Waals surface area contributed by atoms with Gasteiger partial charge in [-0.15, -0.1) is 0 Å². The Kier molecular flexibility index (Phi) is 2.51. The zero-order chi connectivity index (χ0) is 8.32. The van der Waals surface area contributed by atoms with Crippen LogP contribution in [0.3, 0.4) is 0 Å². The molecule has 0 saturated heterocycles. The lowest BCUT2D eigenvalue weighted by atomic mass is 9.77. The minimum atomic E-state index is -0.474. The summed E-state index contributed by atoms with van der Waals surface area (Å²) >= 11 is 0. The van der Waals surface area contributed by atoms with Crippen molar-refractivity contribution in [2.75, 3.05) is 7.11 Å². The highest BCUT2D eigenvalue weighted by Crippen LogP contribution is 2.35. The molecule has 11 heavy (non-hydrogen) atoms. The summed E-state index contributed by atoms with van der Waals surface area (Å²) in [6, 6.07) is 2.29. The predicted molar refractivity (Wildman–Crippen MR) is 43.0 cm³/mol. The van der Waals surface area contributed by atoms with Gasteiger partial charge in [-0.3, -0.25) is 0 Å². The van der Waals surface area contributed by atoms with Crippen molar-refractivity contribution >= 4 is 0 Å². The molecule has 0 heterocycles. The molecule has 2 atom stereocenters. The molecule has 0 aromatic carbocycles. The Balaban J connectivity index is 2.71. The van der Waals surface area contributed by atoms with Gasteiger partial charge in [0.15, 0.2) is 5.60 Å². The second-order valence-electron chi connectivity index (χ2n) is 3.35. The average Bonchev–Trinajstić information content (AvgIpc) is 2.06. The third-order valence-electron chi connectivity index (χ3n) is 2.78. The van der Waals surface area contributed by atoms with Crippen molar-refractivity contribution in [2.24, 2.45) is 5.92 Å². The molecule has 0 amide bonds. The fraction of sp³-hybridized carbons (Fsp3) is 0.889. The predicted octanol–water partition coefficient (Wildman–Crippen LogP) is 2.11. The van der Waals surface area contributed by atoms with E-state index in [0.29, 0.717) is 5.92 Å². The Morgan fingerprint density at radius 3 is 2.64 bits per heavy atom. The highest BCUT2D eigenvalue weighted by Gasteiger charge is 2.38. The minimum absolute atomic E-state index is 0.395. The molecular formula is C9H15NO. The molecule has 2 nitrogen and oxygen atoms in total. The normalized spacial score (nSPS) is 38.1. The maximum Gasteiger partial charge on any atom is 0.156 e. The van der Waals surface area contributed by atoms with Crippen LogP contribution >= 0.6 is 0 Å². The molecule has 0 N–H and O–H groups in total. The minimum Gasteiger partial charge on any atom is -0.363 e. The van der Waals surface area contributed by atoms with E-state index in [-0.39, 0.29) is 0 Å². The topological polar surface area (TPSA) is 33.0 Å².